The Hall–Kier alpha value is -2.74. The number of aromatic nitrogens is 2. The number of hydrogen-bond acceptors (Lipinski definition) is 5. The van der Waals surface area contributed by atoms with Crippen LogP contribution in [0.1, 0.15) is 18.0 Å². The second kappa shape index (κ2) is 8.77. The first-order valence-corrected chi connectivity index (χ1v) is 9.09. The number of benzene rings is 1. The molecule has 3 rings (SSSR count). The zero-order valence-electron chi connectivity index (χ0n) is 16.4. The Morgan fingerprint density at radius 2 is 2.07 bits per heavy atom. The van der Waals surface area contributed by atoms with Gasteiger partial charge in [-0.2, -0.15) is 5.10 Å². The van der Waals surface area contributed by atoms with Crippen molar-refractivity contribution in [3.63, 3.8) is 0 Å². The van der Waals surface area contributed by atoms with Gasteiger partial charge in [-0.25, -0.2) is 0 Å². The minimum Gasteiger partial charge on any atom is -0.490 e. The van der Waals surface area contributed by atoms with Crippen LogP contribution in [0.15, 0.2) is 35.6 Å². The van der Waals surface area contributed by atoms with Gasteiger partial charge in [0.05, 0.1) is 25.5 Å². The van der Waals surface area contributed by atoms with E-state index < -0.39 is 0 Å². The van der Waals surface area contributed by atoms with Gasteiger partial charge in [0.2, 0.25) is 0 Å². The molecule has 1 aliphatic heterocycles. The lowest BCUT2D eigenvalue weighted by atomic mass is 10.1. The summed E-state index contributed by atoms with van der Waals surface area (Å²) < 4.78 is 13.2. The number of nitrogens with one attached hydrogen (secondary N) is 2. The molecule has 0 spiro atoms. The smallest absolute Gasteiger partial charge is 0.195 e. The summed E-state index contributed by atoms with van der Waals surface area (Å²) in [7, 11) is 7.79. The van der Waals surface area contributed by atoms with Crippen LogP contribution >= 0.6 is 0 Å². The predicted octanol–water partition coefficient (Wildman–Crippen LogP) is 1.87. The van der Waals surface area contributed by atoms with E-state index >= 15 is 0 Å². The lowest BCUT2D eigenvalue weighted by molar-refractivity contribution is 0.297. The van der Waals surface area contributed by atoms with Gasteiger partial charge >= 0.3 is 0 Å². The van der Waals surface area contributed by atoms with Crippen molar-refractivity contribution in [2.24, 2.45) is 12.0 Å². The maximum Gasteiger partial charge on any atom is 0.195 e. The highest BCUT2D eigenvalue weighted by molar-refractivity contribution is 5.93. The highest BCUT2D eigenvalue weighted by Gasteiger charge is 2.17. The van der Waals surface area contributed by atoms with Crippen LogP contribution in [-0.2, 0) is 7.05 Å². The molecular weight excluding hydrogens is 344 g/mol. The lowest BCUT2D eigenvalue weighted by Crippen LogP contribution is -2.37. The molecule has 1 aromatic heterocycles. The van der Waals surface area contributed by atoms with Crippen LogP contribution < -0.4 is 20.1 Å². The van der Waals surface area contributed by atoms with Crippen molar-refractivity contribution in [2.45, 2.75) is 12.5 Å². The van der Waals surface area contributed by atoms with Gasteiger partial charge in [-0.05, 0) is 26.2 Å². The molecule has 8 nitrogen and oxygen atoms in total. The van der Waals surface area contributed by atoms with Crippen molar-refractivity contribution in [3.8, 4) is 11.5 Å². The van der Waals surface area contributed by atoms with Crippen molar-refractivity contribution < 1.29 is 9.47 Å². The van der Waals surface area contributed by atoms with Crippen LogP contribution in [0.5, 0.6) is 11.5 Å². The van der Waals surface area contributed by atoms with Crippen LogP contribution in [0, 0.1) is 0 Å². The van der Waals surface area contributed by atoms with Crippen molar-refractivity contribution in [1.29, 1.82) is 0 Å². The van der Waals surface area contributed by atoms with Crippen LogP contribution in [0.25, 0.3) is 0 Å². The van der Waals surface area contributed by atoms with Gasteiger partial charge in [0.25, 0.3) is 0 Å². The number of nitrogens with zero attached hydrogens (tertiary/aromatic N) is 4. The van der Waals surface area contributed by atoms with Gasteiger partial charge in [0.1, 0.15) is 0 Å². The molecule has 8 heteroatoms. The van der Waals surface area contributed by atoms with E-state index in [1.165, 1.54) is 0 Å². The monoisotopic (exact) mass is 372 g/mol. The van der Waals surface area contributed by atoms with E-state index in [1.54, 1.807) is 7.05 Å². The molecule has 1 atom stereocenters. The Labute approximate surface area is 160 Å². The van der Waals surface area contributed by atoms with E-state index in [0.29, 0.717) is 25.7 Å². The van der Waals surface area contributed by atoms with Crippen LogP contribution in [0.3, 0.4) is 0 Å². The second-order valence-corrected chi connectivity index (χ2v) is 6.72. The molecule has 0 saturated carbocycles. The largest absolute Gasteiger partial charge is 0.490 e. The van der Waals surface area contributed by atoms with Crippen molar-refractivity contribution >= 4 is 11.6 Å². The normalized spacial score (nSPS) is 15.4. The maximum atomic E-state index is 5.75. The summed E-state index contributed by atoms with van der Waals surface area (Å²) in [5, 5.41) is 11.0. The Balaban J connectivity index is 1.64. The van der Waals surface area contributed by atoms with E-state index in [1.807, 2.05) is 42.3 Å². The molecule has 1 aromatic carbocycles. The summed E-state index contributed by atoms with van der Waals surface area (Å²) in [6.45, 7) is 2.05. The molecule has 2 aromatic rings. The number of fused-ring (bicyclic) bond motifs is 1. The van der Waals surface area contributed by atoms with Crippen LogP contribution in [0.4, 0.5) is 5.69 Å². The Bertz CT molecular complexity index is 786. The molecule has 0 amide bonds. The molecule has 0 fully saturated rings. The zero-order valence-corrected chi connectivity index (χ0v) is 16.4. The molecule has 0 bridgehead atoms. The number of ether oxygens (including phenoxy) is 2. The third-order valence-electron chi connectivity index (χ3n) is 4.43. The molecule has 0 aliphatic carbocycles. The van der Waals surface area contributed by atoms with Gasteiger partial charge in [0.15, 0.2) is 17.5 Å². The molecule has 0 saturated heterocycles. The molecule has 27 heavy (non-hydrogen) atoms. The first-order valence-electron chi connectivity index (χ1n) is 9.09. The number of guanidine groups is 1. The summed E-state index contributed by atoms with van der Waals surface area (Å²) in [4.78, 5) is 6.48. The van der Waals surface area contributed by atoms with Crippen molar-refractivity contribution in [3.05, 3.63) is 36.2 Å². The summed E-state index contributed by atoms with van der Waals surface area (Å²) >= 11 is 0. The Morgan fingerprint density at radius 3 is 2.74 bits per heavy atom. The number of anilines is 1. The zero-order chi connectivity index (χ0) is 19.2. The van der Waals surface area contributed by atoms with Crippen LogP contribution in [0.2, 0.25) is 0 Å². The quantitative estimate of drug-likeness (QED) is 0.616. The van der Waals surface area contributed by atoms with Crippen molar-refractivity contribution in [1.82, 2.24) is 20.0 Å². The number of likely N-dealkylation sites (N-methyl/N-ethyl adjacent to an activating group) is 1. The lowest BCUT2D eigenvalue weighted by Gasteiger charge is -2.24. The molecule has 2 heterocycles. The fourth-order valence-electron chi connectivity index (χ4n) is 2.96. The molecule has 1 unspecified atom stereocenters. The van der Waals surface area contributed by atoms with Gasteiger partial charge in [-0.15, -0.1) is 0 Å². The minimum absolute atomic E-state index is 0.182. The van der Waals surface area contributed by atoms with Crippen LogP contribution in [-0.4, -0.2) is 61.5 Å². The number of aliphatic imine (C=N–C) groups is 1. The summed E-state index contributed by atoms with van der Waals surface area (Å²) in [5.74, 6) is 2.24. The topological polar surface area (TPSA) is 75.9 Å². The van der Waals surface area contributed by atoms with Gasteiger partial charge in [0, 0.05) is 50.6 Å². The van der Waals surface area contributed by atoms with E-state index in [9.17, 15) is 0 Å². The molecule has 146 valence electrons. The average molecular weight is 372 g/mol. The maximum absolute atomic E-state index is 5.75. The predicted molar refractivity (Wildman–Crippen MR) is 107 cm³/mol. The van der Waals surface area contributed by atoms with Gasteiger partial charge in [-0.3, -0.25) is 9.67 Å². The number of hydrogen-bond donors (Lipinski definition) is 2. The van der Waals surface area contributed by atoms with E-state index in [-0.39, 0.29) is 6.04 Å². The molecule has 0 radical (unpaired) electrons. The number of aryl methyl sites for hydroxylation is 1. The Kier molecular flexibility index (Phi) is 6.18. The second-order valence-electron chi connectivity index (χ2n) is 6.72. The minimum atomic E-state index is 0.182. The van der Waals surface area contributed by atoms with E-state index in [4.69, 9.17) is 9.47 Å². The summed E-state index contributed by atoms with van der Waals surface area (Å²) in [6.07, 6.45) is 4.82. The highest BCUT2D eigenvalue weighted by Crippen LogP contribution is 2.32. The molecule has 2 N–H and O–H groups in total. The number of rotatable bonds is 5. The SMILES string of the molecule is CN=C(NCC(c1cnn(C)c1)N(C)C)Nc1ccc2c(c1)OCCCO2. The van der Waals surface area contributed by atoms with Crippen molar-refractivity contribution in [2.75, 3.05) is 46.2 Å². The van der Waals surface area contributed by atoms with Gasteiger partial charge < -0.3 is 25.0 Å². The highest BCUT2D eigenvalue weighted by atomic mass is 16.5. The summed E-state index contributed by atoms with van der Waals surface area (Å²) in [5.41, 5.74) is 2.05. The molecule has 1 aliphatic rings. The average Bonchev–Trinajstić information content (AvgIpc) is 2.93. The fraction of sp³-hybridized carbons (Fsp3) is 0.474. The fourth-order valence-corrected chi connectivity index (χ4v) is 2.96. The third-order valence-corrected chi connectivity index (χ3v) is 4.43. The summed E-state index contributed by atoms with van der Waals surface area (Å²) in [6, 6.07) is 6.01. The standard InChI is InChI=1S/C19H28N6O2/c1-20-19(21-12-16(24(2)3)14-11-22-25(4)13-14)23-15-6-7-17-18(10-15)27-9-5-8-26-17/h6-7,10-11,13,16H,5,8-9,12H2,1-4H3,(H2,20,21,23). The first-order chi connectivity index (χ1) is 13.1. The Morgan fingerprint density at radius 1 is 1.30 bits per heavy atom. The third kappa shape index (κ3) is 4.91. The van der Waals surface area contributed by atoms with E-state index in [2.05, 4.69) is 39.7 Å². The first kappa shape index (κ1) is 19.0. The van der Waals surface area contributed by atoms with Gasteiger partial charge in [-0.1, -0.05) is 0 Å². The molecular formula is C19H28N6O2. The van der Waals surface area contributed by atoms with E-state index in [0.717, 1.165) is 29.2 Å².